The normalized spacial score (nSPS) is 13.8. The number of hydrogen-bond donors (Lipinski definition) is 0. The van der Waals surface area contributed by atoms with Crippen LogP contribution in [0.25, 0.3) is 0 Å². The zero-order valence-electron chi connectivity index (χ0n) is 13.5. The summed E-state index contributed by atoms with van der Waals surface area (Å²) in [6.45, 7) is 2.85. The molecule has 0 N–H and O–H groups in total. The van der Waals surface area contributed by atoms with Gasteiger partial charge in [-0.1, -0.05) is 25.1 Å². The lowest BCUT2D eigenvalue weighted by Crippen LogP contribution is -2.27. The molecule has 24 heavy (non-hydrogen) atoms. The Labute approximate surface area is 141 Å². The van der Waals surface area contributed by atoms with Gasteiger partial charge < -0.3 is 4.90 Å². The fourth-order valence-corrected chi connectivity index (χ4v) is 3.92. The van der Waals surface area contributed by atoms with Gasteiger partial charge in [-0.25, -0.2) is 18.4 Å². The number of benzene rings is 1. The number of rotatable bonds is 5. The van der Waals surface area contributed by atoms with Crippen LogP contribution >= 0.6 is 0 Å². The maximum Gasteiger partial charge on any atom is 0.224 e. The Balaban J connectivity index is 1.63. The summed E-state index contributed by atoms with van der Waals surface area (Å²) in [5, 5.41) is 0. The maximum absolute atomic E-state index is 12.4. The molecular formula is C17H19N3O3S. The molecule has 1 aromatic heterocycles. The fourth-order valence-electron chi connectivity index (χ4n) is 2.67. The topological polar surface area (TPSA) is 80.2 Å². The molecule has 0 saturated heterocycles. The summed E-state index contributed by atoms with van der Waals surface area (Å²) in [7, 11) is -3.44. The summed E-state index contributed by atoms with van der Waals surface area (Å²) in [4.78, 5) is 22.9. The second-order valence-electron chi connectivity index (χ2n) is 5.74. The van der Waals surface area contributed by atoms with E-state index in [4.69, 9.17) is 0 Å². The first kappa shape index (κ1) is 16.6. The van der Waals surface area contributed by atoms with E-state index in [1.807, 2.05) is 6.92 Å². The third-order valence-corrected chi connectivity index (χ3v) is 5.79. The second-order valence-corrected chi connectivity index (χ2v) is 7.85. The van der Waals surface area contributed by atoms with Crippen molar-refractivity contribution in [2.75, 3.05) is 5.75 Å². The van der Waals surface area contributed by atoms with Gasteiger partial charge in [-0.3, -0.25) is 4.79 Å². The third kappa shape index (κ3) is 3.46. The van der Waals surface area contributed by atoms with E-state index in [0.717, 1.165) is 23.5 Å². The van der Waals surface area contributed by atoms with Crippen molar-refractivity contribution in [3.63, 3.8) is 0 Å². The van der Waals surface area contributed by atoms with Crippen molar-refractivity contribution in [3.05, 3.63) is 53.6 Å². The molecule has 0 aliphatic carbocycles. The lowest BCUT2D eigenvalue weighted by Gasteiger charge is -2.15. The van der Waals surface area contributed by atoms with Crippen LogP contribution in [0.15, 0.2) is 41.4 Å². The van der Waals surface area contributed by atoms with Crippen LogP contribution in [0.4, 0.5) is 0 Å². The number of sulfone groups is 1. The van der Waals surface area contributed by atoms with Gasteiger partial charge in [0.1, 0.15) is 5.82 Å². The molecule has 2 aromatic rings. The van der Waals surface area contributed by atoms with E-state index in [-0.39, 0.29) is 23.0 Å². The molecule has 0 radical (unpaired) electrons. The fraction of sp³-hybridized carbons (Fsp3) is 0.353. The van der Waals surface area contributed by atoms with Gasteiger partial charge >= 0.3 is 0 Å². The highest BCUT2D eigenvalue weighted by atomic mass is 32.2. The van der Waals surface area contributed by atoms with Gasteiger partial charge in [0.2, 0.25) is 5.91 Å². The maximum atomic E-state index is 12.4. The van der Waals surface area contributed by atoms with Crippen LogP contribution < -0.4 is 0 Å². The number of amides is 1. The van der Waals surface area contributed by atoms with Gasteiger partial charge in [0, 0.05) is 31.1 Å². The molecule has 1 amide bonds. The molecule has 0 atom stereocenters. The van der Waals surface area contributed by atoms with Crippen LogP contribution in [0.1, 0.15) is 30.4 Å². The van der Waals surface area contributed by atoms with E-state index in [0.29, 0.717) is 13.1 Å². The predicted molar refractivity (Wildman–Crippen MR) is 88.8 cm³/mol. The van der Waals surface area contributed by atoms with Crippen LogP contribution in [0.5, 0.6) is 0 Å². The molecule has 0 fully saturated rings. The molecule has 126 valence electrons. The first-order valence-corrected chi connectivity index (χ1v) is 9.54. The van der Waals surface area contributed by atoms with Crippen molar-refractivity contribution in [2.45, 2.75) is 37.8 Å². The highest BCUT2D eigenvalue weighted by Gasteiger charge is 2.26. The molecular weight excluding hydrogens is 326 g/mol. The molecule has 1 aliphatic rings. The number of aryl methyl sites for hydroxylation is 1. The lowest BCUT2D eigenvalue weighted by molar-refractivity contribution is -0.131. The van der Waals surface area contributed by atoms with Gasteiger partial charge in [-0.05, 0) is 12.1 Å². The average Bonchev–Trinajstić information content (AvgIpc) is 3.03. The molecule has 2 heterocycles. The van der Waals surface area contributed by atoms with E-state index in [2.05, 4.69) is 9.97 Å². The Bertz CT molecular complexity index is 851. The predicted octanol–water partition coefficient (Wildman–Crippen LogP) is 1.75. The first-order valence-electron chi connectivity index (χ1n) is 7.89. The number of nitrogens with zero attached hydrogens (tertiary/aromatic N) is 3. The van der Waals surface area contributed by atoms with E-state index in [9.17, 15) is 13.2 Å². The number of carbonyl (C=O) groups is 1. The minimum absolute atomic E-state index is 0.0285. The third-order valence-electron chi connectivity index (χ3n) is 4.06. The largest absolute Gasteiger partial charge is 0.332 e. The van der Waals surface area contributed by atoms with Crippen molar-refractivity contribution in [1.82, 2.24) is 14.9 Å². The summed E-state index contributed by atoms with van der Waals surface area (Å²) in [5.74, 6) is 0.398. The molecule has 7 heteroatoms. The van der Waals surface area contributed by atoms with Crippen LogP contribution in [0.3, 0.4) is 0 Å². The van der Waals surface area contributed by atoms with Gasteiger partial charge in [-0.15, -0.1) is 0 Å². The van der Waals surface area contributed by atoms with Crippen molar-refractivity contribution in [2.24, 2.45) is 0 Å². The zero-order chi connectivity index (χ0) is 17.2. The summed E-state index contributed by atoms with van der Waals surface area (Å²) >= 11 is 0. The van der Waals surface area contributed by atoms with E-state index in [1.54, 1.807) is 41.4 Å². The van der Waals surface area contributed by atoms with Gasteiger partial charge in [0.15, 0.2) is 9.84 Å². The SMILES string of the molecule is CCc1ncc2c(n1)CN(C(=O)CCS(=O)(=O)c1ccccc1)C2. The minimum Gasteiger partial charge on any atom is -0.332 e. The quantitative estimate of drug-likeness (QED) is 0.825. The lowest BCUT2D eigenvalue weighted by atomic mass is 10.3. The smallest absolute Gasteiger partial charge is 0.224 e. The Morgan fingerprint density at radius 3 is 2.67 bits per heavy atom. The molecule has 0 spiro atoms. The monoisotopic (exact) mass is 345 g/mol. The molecule has 0 unspecified atom stereocenters. The second kappa shape index (κ2) is 6.68. The summed E-state index contributed by atoms with van der Waals surface area (Å²) in [6.07, 6.45) is 2.48. The van der Waals surface area contributed by atoms with Crippen molar-refractivity contribution >= 4 is 15.7 Å². The van der Waals surface area contributed by atoms with Crippen LogP contribution in [-0.4, -0.2) is 34.9 Å². The van der Waals surface area contributed by atoms with Gasteiger partial charge in [0.25, 0.3) is 0 Å². The van der Waals surface area contributed by atoms with Crippen LogP contribution in [-0.2, 0) is 34.1 Å². The van der Waals surface area contributed by atoms with E-state index < -0.39 is 9.84 Å². The summed E-state index contributed by atoms with van der Waals surface area (Å²) in [5.41, 5.74) is 1.80. The molecule has 1 aliphatic heterocycles. The van der Waals surface area contributed by atoms with Gasteiger partial charge in [0.05, 0.1) is 22.9 Å². The molecule has 6 nitrogen and oxygen atoms in total. The number of hydrogen-bond acceptors (Lipinski definition) is 5. The van der Waals surface area contributed by atoms with Crippen molar-refractivity contribution in [1.29, 1.82) is 0 Å². The minimum atomic E-state index is -3.44. The van der Waals surface area contributed by atoms with Crippen LogP contribution in [0, 0.1) is 0 Å². The van der Waals surface area contributed by atoms with Gasteiger partial charge in [-0.2, -0.15) is 0 Å². The number of carbonyl (C=O) groups excluding carboxylic acids is 1. The summed E-state index contributed by atoms with van der Waals surface area (Å²) in [6, 6.07) is 8.21. The standard InChI is InChI=1S/C17H19N3O3S/c1-2-16-18-10-13-11-20(12-15(13)19-16)17(21)8-9-24(22,23)14-6-4-3-5-7-14/h3-7,10H,2,8-9,11-12H2,1H3. The Hall–Kier alpha value is -2.28. The highest BCUT2D eigenvalue weighted by Crippen LogP contribution is 2.21. The summed E-state index contributed by atoms with van der Waals surface area (Å²) < 4.78 is 24.5. The Morgan fingerprint density at radius 1 is 1.21 bits per heavy atom. The van der Waals surface area contributed by atoms with Crippen molar-refractivity contribution in [3.8, 4) is 0 Å². The Kier molecular flexibility index (Phi) is 4.62. The Morgan fingerprint density at radius 2 is 1.96 bits per heavy atom. The van der Waals surface area contributed by atoms with E-state index in [1.165, 1.54) is 0 Å². The van der Waals surface area contributed by atoms with Crippen molar-refractivity contribution < 1.29 is 13.2 Å². The van der Waals surface area contributed by atoms with E-state index >= 15 is 0 Å². The molecule has 0 saturated carbocycles. The average molecular weight is 345 g/mol. The zero-order valence-corrected chi connectivity index (χ0v) is 14.3. The van der Waals surface area contributed by atoms with Crippen LogP contribution in [0.2, 0.25) is 0 Å². The molecule has 1 aromatic carbocycles. The molecule has 3 rings (SSSR count). The molecule has 0 bridgehead atoms. The highest BCUT2D eigenvalue weighted by molar-refractivity contribution is 7.91. The number of fused-ring (bicyclic) bond motifs is 1. The number of aromatic nitrogens is 2. The first-order chi connectivity index (χ1) is 11.5.